The van der Waals surface area contributed by atoms with E-state index >= 15 is 0 Å². The van der Waals surface area contributed by atoms with Crippen molar-refractivity contribution in [1.82, 2.24) is 4.90 Å². The fraction of sp³-hybridized carbons (Fsp3) is 0.724. The van der Waals surface area contributed by atoms with Gasteiger partial charge in [0.25, 0.3) is 0 Å². The maximum atomic E-state index is 13.6. The Labute approximate surface area is 219 Å². The average Bonchev–Trinajstić information content (AvgIpc) is 2.81. The van der Waals surface area contributed by atoms with Crippen molar-refractivity contribution in [2.75, 3.05) is 13.7 Å². The normalized spacial score (nSPS) is 25.7. The summed E-state index contributed by atoms with van der Waals surface area (Å²) in [6.45, 7) is 10.3. The molecule has 1 atom stereocenters. The molecule has 0 spiro atoms. The number of esters is 1. The number of carbonyl (C=O) groups excluding carboxylic acids is 2. The fourth-order valence-electron chi connectivity index (χ4n) is 6.20. The van der Waals surface area contributed by atoms with Crippen LogP contribution in [-0.4, -0.2) is 41.8 Å². The highest BCUT2D eigenvalue weighted by atomic mass is 19.4. The van der Waals surface area contributed by atoms with Crippen LogP contribution in [0.15, 0.2) is 24.3 Å². The Morgan fingerprint density at radius 2 is 1.65 bits per heavy atom. The molecule has 1 unspecified atom stereocenters. The van der Waals surface area contributed by atoms with Crippen molar-refractivity contribution in [1.29, 1.82) is 0 Å². The molecule has 0 N–H and O–H groups in total. The summed E-state index contributed by atoms with van der Waals surface area (Å²) in [5.41, 5.74) is -1.21. The molecule has 0 aliphatic heterocycles. The molecule has 5 nitrogen and oxygen atoms in total. The predicted molar refractivity (Wildman–Crippen MR) is 136 cm³/mol. The Kier molecular flexibility index (Phi) is 8.60. The van der Waals surface area contributed by atoms with Gasteiger partial charge in [0.2, 0.25) is 0 Å². The first-order valence-electron chi connectivity index (χ1n) is 13.4. The summed E-state index contributed by atoms with van der Waals surface area (Å²) in [5.74, 6) is -0.0398. The van der Waals surface area contributed by atoms with Crippen molar-refractivity contribution in [3.63, 3.8) is 0 Å². The van der Waals surface area contributed by atoms with Gasteiger partial charge in [-0.2, -0.15) is 13.2 Å². The van der Waals surface area contributed by atoms with Crippen molar-refractivity contribution in [3.8, 4) is 0 Å². The first-order chi connectivity index (χ1) is 17.1. The molecule has 1 amide bonds. The van der Waals surface area contributed by atoms with Crippen LogP contribution in [0.2, 0.25) is 0 Å². The van der Waals surface area contributed by atoms with Gasteiger partial charge < -0.3 is 14.4 Å². The second kappa shape index (κ2) is 10.9. The molecule has 1 aromatic carbocycles. The Balaban J connectivity index is 2.03. The van der Waals surface area contributed by atoms with Gasteiger partial charge in [-0.25, -0.2) is 4.79 Å². The number of ether oxygens (including phenoxy) is 2. The number of halogens is 3. The van der Waals surface area contributed by atoms with E-state index in [1.807, 2.05) is 25.7 Å². The van der Waals surface area contributed by atoms with Crippen molar-refractivity contribution in [3.05, 3.63) is 35.4 Å². The molecule has 37 heavy (non-hydrogen) atoms. The highest BCUT2D eigenvalue weighted by molar-refractivity contribution is 5.70. The van der Waals surface area contributed by atoms with Gasteiger partial charge in [0.05, 0.1) is 18.2 Å². The molecule has 3 aliphatic carbocycles. The molecule has 0 radical (unpaired) electrons. The molecule has 4 rings (SSSR count). The summed E-state index contributed by atoms with van der Waals surface area (Å²) in [6, 6.07) is 5.41. The van der Waals surface area contributed by atoms with Crippen LogP contribution in [0.25, 0.3) is 0 Å². The van der Waals surface area contributed by atoms with E-state index < -0.39 is 22.9 Å². The van der Waals surface area contributed by atoms with Crippen molar-refractivity contribution in [2.24, 2.45) is 11.3 Å². The topological polar surface area (TPSA) is 55.8 Å². The van der Waals surface area contributed by atoms with Crippen LogP contribution < -0.4 is 0 Å². The van der Waals surface area contributed by atoms with Crippen LogP contribution in [-0.2, 0) is 20.4 Å². The maximum Gasteiger partial charge on any atom is 0.416 e. The third-order valence-electron chi connectivity index (χ3n) is 8.27. The Bertz CT molecular complexity index is 941. The molecule has 1 aromatic rings. The largest absolute Gasteiger partial charge is 0.469 e. The van der Waals surface area contributed by atoms with Crippen LogP contribution in [0.4, 0.5) is 18.0 Å². The van der Waals surface area contributed by atoms with E-state index in [0.717, 1.165) is 49.8 Å². The van der Waals surface area contributed by atoms with Gasteiger partial charge in [0.1, 0.15) is 5.60 Å². The van der Waals surface area contributed by atoms with E-state index in [1.165, 1.54) is 7.11 Å². The number of hydrogen-bond donors (Lipinski definition) is 0. The molecule has 2 bridgehead atoms. The van der Waals surface area contributed by atoms with Gasteiger partial charge in [-0.05, 0) is 94.7 Å². The summed E-state index contributed by atoms with van der Waals surface area (Å²) < 4.78 is 50.7. The zero-order valence-electron chi connectivity index (χ0n) is 23.0. The number of carbonyl (C=O) groups is 2. The van der Waals surface area contributed by atoms with Crippen LogP contribution >= 0.6 is 0 Å². The van der Waals surface area contributed by atoms with Crippen LogP contribution in [0.5, 0.6) is 0 Å². The lowest BCUT2D eigenvalue weighted by Gasteiger charge is -2.61. The van der Waals surface area contributed by atoms with Gasteiger partial charge in [-0.15, -0.1) is 0 Å². The summed E-state index contributed by atoms with van der Waals surface area (Å²) >= 11 is 0. The zero-order chi connectivity index (χ0) is 27.6. The predicted octanol–water partition coefficient (Wildman–Crippen LogP) is 7.73. The number of hydrogen-bond acceptors (Lipinski definition) is 4. The molecule has 0 aromatic heterocycles. The fourth-order valence-corrected chi connectivity index (χ4v) is 6.20. The van der Waals surface area contributed by atoms with E-state index in [9.17, 15) is 22.8 Å². The van der Waals surface area contributed by atoms with Crippen LogP contribution in [0.3, 0.4) is 0 Å². The van der Waals surface area contributed by atoms with E-state index in [1.54, 1.807) is 12.1 Å². The lowest BCUT2D eigenvalue weighted by Crippen LogP contribution is -2.63. The minimum Gasteiger partial charge on any atom is -0.469 e. The van der Waals surface area contributed by atoms with Gasteiger partial charge >= 0.3 is 18.2 Å². The number of amides is 1. The lowest BCUT2D eigenvalue weighted by atomic mass is 9.50. The Hall–Kier alpha value is -2.25. The first-order valence-corrected chi connectivity index (χ1v) is 13.4. The number of alkyl halides is 3. The van der Waals surface area contributed by atoms with E-state index in [4.69, 9.17) is 9.47 Å². The second-order valence-corrected chi connectivity index (χ2v) is 12.4. The number of methoxy groups -OCH3 is 1. The van der Waals surface area contributed by atoms with E-state index in [2.05, 4.69) is 13.8 Å². The molecular weight excluding hydrogens is 483 g/mol. The van der Waals surface area contributed by atoms with Gasteiger partial charge in [0.15, 0.2) is 0 Å². The molecule has 8 heteroatoms. The number of nitrogens with zero attached hydrogens (tertiary/aromatic N) is 1. The smallest absolute Gasteiger partial charge is 0.416 e. The second-order valence-electron chi connectivity index (χ2n) is 12.4. The summed E-state index contributed by atoms with van der Waals surface area (Å²) in [4.78, 5) is 27.5. The Morgan fingerprint density at radius 1 is 1.05 bits per heavy atom. The van der Waals surface area contributed by atoms with E-state index in [-0.39, 0.29) is 23.4 Å². The first kappa shape index (κ1) is 29.3. The highest BCUT2D eigenvalue weighted by Gasteiger charge is 2.58. The quantitative estimate of drug-likeness (QED) is 0.326. The SMILES string of the molecule is COC(=O)CCC12CCC(N(CCC(C)C)C(=O)OC(C)(C)C)(CC1)C(c1ccc(C(F)(F)F)cc1)C2. The van der Waals surface area contributed by atoms with Crippen LogP contribution in [0.1, 0.15) is 103 Å². The van der Waals surface area contributed by atoms with Gasteiger partial charge in [-0.3, -0.25) is 4.79 Å². The Morgan fingerprint density at radius 3 is 2.14 bits per heavy atom. The zero-order valence-corrected chi connectivity index (χ0v) is 23.0. The highest BCUT2D eigenvalue weighted by Crippen LogP contribution is 2.62. The molecule has 0 heterocycles. The minimum absolute atomic E-state index is 0.110. The third kappa shape index (κ3) is 6.80. The van der Waals surface area contributed by atoms with E-state index in [0.29, 0.717) is 31.7 Å². The molecule has 3 aliphatic rings. The number of rotatable bonds is 8. The summed E-state index contributed by atoms with van der Waals surface area (Å²) in [5, 5.41) is 0. The number of fused-ring (bicyclic) bond motifs is 3. The van der Waals surface area contributed by atoms with Gasteiger partial charge in [-0.1, -0.05) is 26.0 Å². The molecular formula is C29H42F3NO4. The number of benzene rings is 1. The molecule has 0 saturated heterocycles. The van der Waals surface area contributed by atoms with Crippen LogP contribution in [0, 0.1) is 11.3 Å². The maximum absolute atomic E-state index is 13.6. The van der Waals surface area contributed by atoms with Crippen molar-refractivity contribution < 1.29 is 32.2 Å². The molecule has 3 saturated carbocycles. The van der Waals surface area contributed by atoms with Crippen molar-refractivity contribution in [2.45, 2.75) is 109 Å². The summed E-state index contributed by atoms with van der Waals surface area (Å²) in [6.07, 6.45) is 0.846. The average molecular weight is 526 g/mol. The standard InChI is InChI=1S/C29H42F3NO4/c1-20(2)12-18-33(25(35)37-26(3,4)5)28-16-14-27(15-17-28,13-11-24(34)36-6)19-23(28)21-7-9-22(10-8-21)29(30,31)32/h7-10,20,23H,11-19H2,1-6H3. The lowest BCUT2D eigenvalue weighted by molar-refractivity contribution is -0.142. The minimum atomic E-state index is -4.41. The summed E-state index contributed by atoms with van der Waals surface area (Å²) in [7, 11) is 1.38. The third-order valence-corrected chi connectivity index (χ3v) is 8.27. The van der Waals surface area contributed by atoms with Crippen molar-refractivity contribution >= 4 is 12.1 Å². The molecule has 3 fully saturated rings. The monoisotopic (exact) mass is 525 g/mol. The molecule has 208 valence electrons. The van der Waals surface area contributed by atoms with Gasteiger partial charge in [0, 0.05) is 18.9 Å².